The molecule has 8 heteroatoms. The molecule has 6 nitrogen and oxygen atoms in total. The number of benzene rings is 1. The Morgan fingerprint density at radius 3 is 2.73 bits per heavy atom. The van der Waals surface area contributed by atoms with Gasteiger partial charge in [-0.05, 0) is 79.2 Å². The van der Waals surface area contributed by atoms with Crippen LogP contribution >= 0.6 is 0 Å². The fourth-order valence-corrected chi connectivity index (χ4v) is 7.89. The lowest BCUT2D eigenvalue weighted by Crippen LogP contribution is -2.50. The molecule has 0 bridgehead atoms. The number of rotatable bonds is 5. The zero-order chi connectivity index (χ0) is 23.0. The van der Waals surface area contributed by atoms with E-state index in [0.29, 0.717) is 11.8 Å². The van der Waals surface area contributed by atoms with Gasteiger partial charge >= 0.3 is 0 Å². The third-order valence-electron chi connectivity index (χ3n) is 7.55. The maximum Gasteiger partial charge on any atom is 0.212 e. The first kappa shape index (κ1) is 22.2. The summed E-state index contributed by atoms with van der Waals surface area (Å²) in [4.78, 5) is 15.4. The molecule has 2 aromatic rings. The smallest absolute Gasteiger partial charge is 0.212 e. The van der Waals surface area contributed by atoms with Crippen LogP contribution in [0, 0.1) is 29.5 Å². The number of sulfonamides is 1. The van der Waals surface area contributed by atoms with Crippen molar-refractivity contribution in [2.75, 3.05) is 5.75 Å². The lowest BCUT2D eigenvalue weighted by Gasteiger charge is -2.47. The van der Waals surface area contributed by atoms with Crippen LogP contribution in [-0.4, -0.2) is 37.6 Å². The molecule has 1 saturated heterocycles. The highest BCUT2D eigenvalue weighted by atomic mass is 32.2. The van der Waals surface area contributed by atoms with Crippen LogP contribution < -0.4 is 10.0 Å². The van der Waals surface area contributed by atoms with Crippen LogP contribution in [0.4, 0.5) is 4.39 Å². The number of amides is 1. The summed E-state index contributed by atoms with van der Waals surface area (Å²) in [6, 6.07) is 10.3. The first-order valence-corrected chi connectivity index (χ1v) is 13.2. The fourth-order valence-electron chi connectivity index (χ4n) is 6.13. The van der Waals surface area contributed by atoms with Crippen molar-refractivity contribution in [1.29, 1.82) is 0 Å². The molecule has 6 atom stereocenters. The van der Waals surface area contributed by atoms with E-state index >= 15 is 0 Å². The fraction of sp³-hybridized carbons (Fsp3) is 0.440. The van der Waals surface area contributed by atoms with Gasteiger partial charge in [0.1, 0.15) is 5.82 Å². The molecule has 3 aliphatic rings. The molecule has 3 fully saturated rings. The molecule has 1 aromatic heterocycles. The molecule has 174 valence electrons. The topological polar surface area (TPSA) is 88.2 Å². The van der Waals surface area contributed by atoms with Gasteiger partial charge in [0.15, 0.2) is 0 Å². The van der Waals surface area contributed by atoms with Crippen molar-refractivity contribution in [1.82, 2.24) is 15.0 Å². The van der Waals surface area contributed by atoms with Crippen LogP contribution in [0.15, 0.2) is 48.7 Å². The molecule has 2 heterocycles. The van der Waals surface area contributed by atoms with E-state index in [2.05, 4.69) is 21.1 Å². The molecule has 0 spiro atoms. The molecule has 1 aliphatic heterocycles. The number of carbonyl (C=O) groups is 1. The van der Waals surface area contributed by atoms with Gasteiger partial charge in [-0.1, -0.05) is 24.3 Å². The van der Waals surface area contributed by atoms with Gasteiger partial charge in [-0.3, -0.25) is 9.78 Å². The van der Waals surface area contributed by atoms with Crippen LogP contribution in [0.2, 0.25) is 0 Å². The average Bonchev–Trinajstić information content (AvgIpc) is 3.10. The van der Waals surface area contributed by atoms with Gasteiger partial charge in [-0.2, -0.15) is 0 Å². The SMILES string of the molecule is O=CN[C@@H]1CC[C@@H]2[C@@H](C1)C[C@H]1CS(=O)(=O)N[C@H]1[C@H]2/C=C/c1ccc(-c2cccc(F)c2)cn1. The van der Waals surface area contributed by atoms with Gasteiger partial charge in [0, 0.05) is 23.8 Å². The molecule has 0 unspecified atom stereocenters. The Balaban J connectivity index is 1.37. The summed E-state index contributed by atoms with van der Waals surface area (Å²) in [5.41, 5.74) is 2.40. The van der Waals surface area contributed by atoms with Crippen molar-refractivity contribution < 1.29 is 17.6 Å². The third kappa shape index (κ3) is 4.73. The Bertz CT molecular complexity index is 1150. The van der Waals surface area contributed by atoms with E-state index < -0.39 is 10.0 Å². The van der Waals surface area contributed by atoms with Crippen LogP contribution in [0.25, 0.3) is 17.2 Å². The zero-order valence-corrected chi connectivity index (χ0v) is 19.0. The predicted octanol–water partition coefficient (Wildman–Crippen LogP) is 3.37. The number of pyridine rings is 1. The number of hydrogen-bond donors (Lipinski definition) is 2. The molecule has 2 saturated carbocycles. The van der Waals surface area contributed by atoms with Gasteiger partial charge in [0.2, 0.25) is 16.4 Å². The summed E-state index contributed by atoms with van der Waals surface area (Å²) in [6.45, 7) is 0. The zero-order valence-electron chi connectivity index (χ0n) is 18.2. The van der Waals surface area contributed by atoms with Crippen molar-refractivity contribution in [3.05, 3.63) is 60.2 Å². The highest BCUT2D eigenvalue weighted by Gasteiger charge is 2.51. The van der Waals surface area contributed by atoms with E-state index in [9.17, 15) is 17.6 Å². The largest absolute Gasteiger partial charge is 0.356 e. The van der Waals surface area contributed by atoms with E-state index in [4.69, 9.17) is 0 Å². The Kier molecular flexibility index (Phi) is 6.05. The minimum atomic E-state index is -3.25. The summed E-state index contributed by atoms with van der Waals surface area (Å²) in [7, 11) is -3.25. The standard InChI is InChI=1S/C25H28FN3O3S/c26-20-3-1-2-16(11-20)17-4-5-21(27-13-17)6-9-24-23-8-7-22(28-15-30)12-18(23)10-19-14-33(31,32)29-25(19)24/h1-6,9,11,13,15,18-19,22-25,29H,7-8,10,12,14H2,(H,28,30)/b9-6+/t18-,19+,22-,23-,24+,25-/m1/s1. The molecular formula is C25H28FN3O3S. The monoisotopic (exact) mass is 469 g/mol. The summed E-state index contributed by atoms with van der Waals surface area (Å²) in [6.07, 6.45) is 10.3. The van der Waals surface area contributed by atoms with Gasteiger partial charge in [0.25, 0.3) is 0 Å². The van der Waals surface area contributed by atoms with Crippen molar-refractivity contribution in [2.24, 2.45) is 23.7 Å². The molecular weight excluding hydrogens is 441 g/mol. The normalized spacial score (nSPS) is 32.8. The summed E-state index contributed by atoms with van der Waals surface area (Å²) >= 11 is 0. The number of nitrogens with zero attached hydrogens (tertiary/aromatic N) is 1. The van der Waals surface area contributed by atoms with Gasteiger partial charge in [0.05, 0.1) is 11.4 Å². The maximum atomic E-state index is 13.5. The van der Waals surface area contributed by atoms with E-state index in [1.54, 1.807) is 12.3 Å². The van der Waals surface area contributed by atoms with Crippen molar-refractivity contribution >= 4 is 22.5 Å². The molecule has 1 amide bonds. The molecule has 1 aromatic carbocycles. The first-order valence-electron chi connectivity index (χ1n) is 11.5. The second-order valence-corrected chi connectivity index (χ2v) is 11.4. The van der Waals surface area contributed by atoms with Crippen LogP contribution in [0.1, 0.15) is 31.4 Å². The Hall–Kier alpha value is -2.58. The van der Waals surface area contributed by atoms with Crippen molar-refractivity contribution in [2.45, 2.75) is 37.8 Å². The van der Waals surface area contributed by atoms with E-state index in [-0.39, 0.29) is 35.5 Å². The number of carbonyl (C=O) groups excluding carboxylic acids is 1. The van der Waals surface area contributed by atoms with Crippen molar-refractivity contribution in [3.63, 3.8) is 0 Å². The molecule has 0 radical (unpaired) electrons. The van der Waals surface area contributed by atoms with Gasteiger partial charge in [-0.15, -0.1) is 0 Å². The van der Waals surface area contributed by atoms with Crippen molar-refractivity contribution in [3.8, 4) is 11.1 Å². The second-order valence-electron chi connectivity index (χ2n) is 9.56. The first-order chi connectivity index (χ1) is 15.9. The third-order valence-corrected chi connectivity index (χ3v) is 9.05. The lowest BCUT2D eigenvalue weighted by molar-refractivity contribution is -0.110. The summed E-state index contributed by atoms with van der Waals surface area (Å²) in [5, 5.41) is 2.92. The van der Waals surface area contributed by atoms with Crippen LogP contribution in [0.5, 0.6) is 0 Å². The average molecular weight is 470 g/mol. The number of nitrogens with one attached hydrogen (secondary N) is 2. The van der Waals surface area contributed by atoms with Crippen LogP contribution in [-0.2, 0) is 14.8 Å². The molecule has 5 rings (SSSR count). The molecule has 2 N–H and O–H groups in total. The second kappa shape index (κ2) is 8.99. The minimum absolute atomic E-state index is 0.0872. The summed E-state index contributed by atoms with van der Waals surface area (Å²) in [5.74, 6) is 0.842. The lowest BCUT2D eigenvalue weighted by atomic mass is 9.60. The Labute approximate surface area is 193 Å². The Morgan fingerprint density at radius 2 is 1.97 bits per heavy atom. The molecule has 2 aliphatic carbocycles. The van der Waals surface area contributed by atoms with E-state index in [1.807, 2.05) is 24.3 Å². The van der Waals surface area contributed by atoms with Crippen LogP contribution in [0.3, 0.4) is 0 Å². The summed E-state index contributed by atoms with van der Waals surface area (Å²) < 4.78 is 41.1. The minimum Gasteiger partial charge on any atom is -0.356 e. The van der Waals surface area contributed by atoms with E-state index in [1.165, 1.54) is 12.1 Å². The van der Waals surface area contributed by atoms with Gasteiger partial charge in [-0.25, -0.2) is 17.5 Å². The maximum absolute atomic E-state index is 13.5. The quantitative estimate of drug-likeness (QED) is 0.658. The number of aromatic nitrogens is 1. The highest BCUT2D eigenvalue weighted by Crippen LogP contribution is 2.48. The molecule has 33 heavy (non-hydrogen) atoms. The number of halogens is 1. The predicted molar refractivity (Wildman–Crippen MR) is 125 cm³/mol. The highest BCUT2D eigenvalue weighted by molar-refractivity contribution is 7.89. The number of fused-ring (bicyclic) bond motifs is 2. The van der Waals surface area contributed by atoms with Gasteiger partial charge < -0.3 is 5.32 Å². The number of hydrogen-bond acceptors (Lipinski definition) is 4. The van der Waals surface area contributed by atoms with E-state index in [0.717, 1.165) is 48.9 Å². The Morgan fingerprint density at radius 1 is 1.09 bits per heavy atom.